The number of aromatic nitrogens is 1. The Morgan fingerprint density at radius 2 is 1.92 bits per heavy atom. The fraction of sp³-hybridized carbons (Fsp3) is 0.158. The number of benzene rings is 2. The predicted octanol–water partition coefficient (Wildman–Crippen LogP) is 4.44. The van der Waals surface area contributed by atoms with Crippen molar-refractivity contribution in [1.82, 2.24) is 4.98 Å². The normalized spacial score (nSPS) is 13.4. The zero-order valence-corrected chi connectivity index (χ0v) is 12.9. The summed E-state index contributed by atoms with van der Waals surface area (Å²) in [7, 11) is 0. The minimum absolute atomic E-state index is 0.128. The van der Waals surface area contributed by atoms with Crippen LogP contribution in [-0.4, -0.2) is 11.5 Å². The average Bonchev–Trinajstić information content (AvgIpc) is 3.05. The largest absolute Gasteiger partial charge is 0.419 e. The summed E-state index contributed by atoms with van der Waals surface area (Å²) in [6, 6.07) is 16.4. The predicted molar refractivity (Wildman–Crippen MR) is 88.4 cm³/mol. The van der Waals surface area contributed by atoms with Gasteiger partial charge in [0.2, 0.25) is 17.5 Å². The molecule has 0 unspecified atom stereocenters. The van der Waals surface area contributed by atoms with E-state index in [0.717, 1.165) is 25.1 Å². The quantitative estimate of drug-likeness (QED) is 0.701. The molecular formula is C19H14FN3O. The lowest BCUT2D eigenvalue weighted by Crippen LogP contribution is -2.24. The van der Waals surface area contributed by atoms with Crippen LogP contribution in [-0.2, 0) is 6.42 Å². The molecule has 1 aliphatic heterocycles. The van der Waals surface area contributed by atoms with Crippen molar-refractivity contribution in [2.75, 3.05) is 11.4 Å². The number of oxazole rings is 1. The first kappa shape index (κ1) is 14.5. The van der Waals surface area contributed by atoms with Crippen molar-refractivity contribution in [1.29, 1.82) is 5.26 Å². The van der Waals surface area contributed by atoms with E-state index in [4.69, 9.17) is 4.42 Å². The molecule has 0 spiro atoms. The van der Waals surface area contributed by atoms with Gasteiger partial charge in [0.25, 0.3) is 0 Å². The molecule has 4 rings (SSSR count). The highest BCUT2D eigenvalue weighted by atomic mass is 19.1. The van der Waals surface area contributed by atoms with Crippen molar-refractivity contribution < 1.29 is 8.81 Å². The van der Waals surface area contributed by atoms with Gasteiger partial charge in [0.1, 0.15) is 11.9 Å². The molecule has 0 saturated carbocycles. The van der Waals surface area contributed by atoms with Crippen molar-refractivity contribution in [3.05, 3.63) is 65.6 Å². The summed E-state index contributed by atoms with van der Waals surface area (Å²) in [6.07, 6.45) is 1.94. The van der Waals surface area contributed by atoms with E-state index < -0.39 is 5.82 Å². The van der Waals surface area contributed by atoms with Crippen molar-refractivity contribution in [2.24, 2.45) is 0 Å². The molecule has 2 heterocycles. The molecule has 1 aromatic heterocycles. The standard InChI is InChI=1S/C19H14FN3O/c20-15-9-3-2-8-14(15)18-22-16(12-21)19(24-18)23-11-5-7-13-6-1-4-10-17(13)23/h1-4,6,8-10H,5,7,11H2. The number of para-hydroxylation sites is 1. The summed E-state index contributed by atoms with van der Waals surface area (Å²) in [5.74, 6) is 0.0828. The molecule has 0 aliphatic carbocycles. The van der Waals surface area contributed by atoms with Gasteiger partial charge in [-0.1, -0.05) is 30.3 Å². The number of rotatable bonds is 2. The van der Waals surface area contributed by atoms with Gasteiger partial charge < -0.3 is 9.32 Å². The zero-order valence-electron chi connectivity index (χ0n) is 12.9. The van der Waals surface area contributed by atoms with Crippen molar-refractivity contribution in [2.45, 2.75) is 12.8 Å². The van der Waals surface area contributed by atoms with Crippen LogP contribution in [0.4, 0.5) is 16.0 Å². The molecule has 0 N–H and O–H groups in total. The fourth-order valence-corrected chi connectivity index (χ4v) is 3.06. The molecule has 0 fully saturated rings. The summed E-state index contributed by atoms with van der Waals surface area (Å²) in [4.78, 5) is 6.15. The summed E-state index contributed by atoms with van der Waals surface area (Å²) < 4.78 is 19.8. The lowest BCUT2D eigenvalue weighted by molar-refractivity contribution is 0.551. The minimum Gasteiger partial charge on any atom is -0.419 e. The number of nitriles is 1. The minimum atomic E-state index is -0.422. The van der Waals surface area contributed by atoms with Crippen molar-refractivity contribution in [3.8, 4) is 17.5 Å². The van der Waals surface area contributed by atoms with Gasteiger partial charge >= 0.3 is 0 Å². The SMILES string of the molecule is N#Cc1nc(-c2ccccc2F)oc1N1CCCc2ccccc21. The van der Waals surface area contributed by atoms with Gasteiger partial charge in [-0.3, -0.25) is 0 Å². The van der Waals surface area contributed by atoms with E-state index in [0.29, 0.717) is 5.88 Å². The lowest BCUT2D eigenvalue weighted by Gasteiger charge is -2.28. The van der Waals surface area contributed by atoms with Crippen LogP contribution in [0.1, 0.15) is 17.7 Å². The molecule has 24 heavy (non-hydrogen) atoms. The Labute approximate surface area is 138 Å². The Bertz CT molecular complexity index is 942. The third-order valence-corrected chi connectivity index (χ3v) is 4.17. The highest BCUT2D eigenvalue weighted by Crippen LogP contribution is 2.37. The summed E-state index contributed by atoms with van der Waals surface area (Å²) in [5, 5.41) is 9.43. The summed E-state index contributed by atoms with van der Waals surface area (Å²) in [5.41, 5.74) is 2.64. The second kappa shape index (κ2) is 5.82. The maximum atomic E-state index is 14.0. The van der Waals surface area contributed by atoms with E-state index >= 15 is 0 Å². The van der Waals surface area contributed by atoms with E-state index in [1.165, 1.54) is 11.6 Å². The van der Waals surface area contributed by atoms with Crippen molar-refractivity contribution in [3.63, 3.8) is 0 Å². The molecule has 0 amide bonds. The van der Waals surface area contributed by atoms with Crippen molar-refractivity contribution >= 4 is 11.6 Å². The van der Waals surface area contributed by atoms with Gasteiger partial charge in [-0.25, -0.2) is 4.39 Å². The van der Waals surface area contributed by atoms with Crippen LogP contribution in [0.25, 0.3) is 11.5 Å². The van der Waals surface area contributed by atoms with Gasteiger partial charge in [0, 0.05) is 12.2 Å². The van der Waals surface area contributed by atoms with Crippen LogP contribution >= 0.6 is 0 Å². The maximum absolute atomic E-state index is 14.0. The van der Waals surface area contributed by atoms with Crippen LogP contribution in [0.3, 0.4) is 0 Å². The molecule has 0 saturated heterocycles. The highest BCUT2D eigenvalue weighted by molar-refractivity contribution is 5.69. The van der Waals surface area contributed by atoms with Gasteiger partial charge in [-0.2, -0.15) is 10.2 Å². The van der Waals surface area contributed by atoms with Crippen LogP contribution in [0.2, 0.25) is 0 Å². The molecule has 118 valence electrons. The maximum Gasteiger partial charge on any atom is 0.239 e. The molecule has 0 atom stereocenters. The van der Waals surface area contributed by atoms with Gasteiger partial charge in [-0.05, 0) is 36.6 Å². The molecule has 4 nitrogen and oxygen atoms in total. The van der Waals surface area contributed by atoms with E-state index in [1.807, 2.05) is 23.1 Å². The third kappa shape index (κ3) is 2.33. The summed E-state index contributed by atoms with van der Waals surface area (Å²) in [6.45, 7) is 0.734. The second-order valence-corrected chi connectivity index (χ2v) is 5.65. The lowest BCUT2D eigenvalue weighted by atomic mass is 10.0. The van der Waals surface area contributed by atoms with Gasteiger partial charge in [-0.15, -0.1) is 0 Å². The number of hydrogen-bond acceptors (Lipinski definition) is 4. The number of hydrogen-bond donors (Lipinski definition) is 0. The number of halogens is 1. The molecule has 0 bridgehead atoms. The molecule has 1 aliphatic rings. The first-order valence-electron chi connectivity index (χ1n) is 7.79. The van der Waals surface area contributed by atoms with Crippen LogP contribution in [0.5, 0.6) is 0 Å². The Balaban J connectivity index is 1.83. The second-order valence-electron chi connectivity index (χ2n) is 5.65. The number of anilines is 2. The van der Waals surface area contributed by atoms with E-state index in [-0.39, 0.29) is 17.1 Å². The molecule has 0 radical (unpaired) electrons. The first-order chi connectivity index (χ1) is 11.8. The topological polar surface area (TPSA) is 53.1 Å². The van der Waals surface area contributed by atoms with E-state index in [2.05, 4.69) is 17.1 Å². The molecular weight excluding hydrogens is 305 g/mol. The zero-order chi connectivity index (χ0) is 16.5. The van der Waals surface area contributed by atoms with E-state index in [1.54, 1.807) is 18.2 Å². The molecule has 2 aromatic carbocycles. The van der Waals surface area contributed by atoms with Crippen LogP contribution in [0.15, 0.2) is 52.9 Å². The van der Waals surface area contributed by atoms with E-state index in [9.17, 15) is 9.65 Å². The summed E-state index contributed by atoms with van der Waals surface area (Å²) >= 11 is 0. The van der Waals surface area contributed by atoms with Crippen LogP contribution in [0, 0.1) is 17.1 Å². The average molecular weight is 319 g/mol. The van der Waals surface area contributed by atoms with Crippen LogP contribution < -0.4 is 4.90 Å². The Morgan fingerprint density at radius 3 is 2.75 bits per heavy atom. The Kier molecular flexibility index (Phi) is 3.51. The highest BCUT2D eigenvalue weighted by Gasteiger charge is 2.26. The van der Waals surface area contributed by atoms with Gasteiger partial charge in [0.05, 0.1) is 5.56 Å². The molecule has 5 heteroatoms. The Morgan fingerprint density at radius 1 is 1.12 bits per heavy atom. The third-order valence-electron chi connectivity index (χ3n) is 4.17. The van der Waals surface area contributed by atoms with Gasteiger partial charge in [0.15, 0.2) is 0 Å². The fourth-order valence-electron chi connectivity index (χ4n) is 3.06. The molecule has 3 aromatic rings. The number of aryl methyl sites for hydroxylation is 1. The smallest absolute Gasteiger partial charge is 0.239 e. The monoisotopic (exact) mass is 319 g/mol. The number of nitrogens with zero attached hydrogens (tertiary/aromatic N) is 3. The first-order valence-corrected chi connectivity index (χ1v) is 7.79. The Hall–Kier alpha value is -3.13. The number of fused-ring (bicyclic) bond motifs is 1.